The Balaban J connectivity index is 1.66. The number of hydrogen-bond donors (Lipinski definition) is 3. The Bertz CT molecular complexity index is 970. The second-order valence-corrected chi connectivity index (χ2v) is 9.35. The van der Waals surface area contributed by atoms with Gasteiger partial charge in [0.15, 0.2) is 0 Å². The van der Waals surface area contributed by atoms with Crippen molar-refractivity contribution < 1.29 is 22.8 Å². The first kappa shape index (κ1) is 24.0. The smallest absolute Gasteiger partial charge is 0.376 e. The number of primary amides is 1. The number of nitrogens with one attached hydrogen (secondary N) is 2. The fourth-order valence-electron chi connectivity index (χ4n) is 3.90. The lowest BCUT2D eigenvalue weighted by molar-refractivity contribution is -0.137. The van der Waals surface area contributed by atoms with Crippen molar-refractivity contribution in [2.24, 2.45) is 11.7 Å². The van der Waals surface area contributed by atoms with E-state index in [1.54, 1.807) is 26.0 Å². The van der Waals surface area contributed by atoms with Crippen LogP contribution in [0.25, 0.3) is 0 Å². The van der Waals surface area contributed by atoms with E-state index in [2.05, 4.69) is 15.6 Å². The number of pyridine rings is 1. The molecule has 0 bridgehead atoms. The monoisotopic (exact) mass is 468 g/mol. The largest absolute Gasteiger partial charge is 0.417 e. The summed E-state index contributed by atoms with van der Waals surface area (Å²) in [5.74, 6) is -0.544. The first-order valence-electron chi connectivity index (χ1n) is 10.5. The molecule has 2 aromatic heterocycles. The number of thiophene rings is 1. The van der Waals surface area contributed by atoms with Crippen LogP contribution < -0.4 is 16.4 Å². The van der Waals surface area contributed by atoms with E-state index in [9.17, 15) is 22.8 Å². The highest BCUT2D eigenvalue weighted by molar-refractivity contribution is 7.14. The molecular formula is C22H27F3N4O2S. The van der Waals surface area contributed by atoms with Crippen LogP contribution >= 0.6 is 11.3 Å². The highest BCUT2D eigenvalue weighted by Gasteiger charge is 2.32. The maximum absolute atomic E-state index is 13.0. The van der Waals surface area contributed by atoms with Gasteiger partial charge in [-0.3, -0.25) is 14.6 Å². The Labute approximate surface area is 188 Å². The second-order valence-electron chi connectivity index (χ2n) is 8.24. The van der Waals surface area contributed by atoms with Gasteiger partial charge in [-0.15, -0.1) is 11.3 Å². The van der Waals surface area contributed by atoms with Crippen LogP contribution in [0.3, 0.4) is 0 Å². The Kier molecular flexibility index (Phi) is 7.43. The molecule has 3 rings (SSSR count). The van der Waals surface area contributed by atoms with Crippen molar-refractivity contribution in [3.63, 3.8) is 0 Å². The van der Waals surface area contributed by atoms with E-state index in [1.807, 2.05) is 0 Å². The van der Waals surface area contributed by atoms with Gasteiger partial charge in [-0.05, 0) is 44.4 Å². The topological polar surface area (TPSA) is 97.1 Å². The highest BCUT2D eigenvalue weighted by atomic mass is 32.1. The van der Waals surface area contributed by atoms with Crippen LogP contribution in [-0.2, 0) is 11.0 Å². The van der Waals surface area contributed by atoms with E-state index in [0.717, 1.165) is 42.8 Å². The molecule has 0 radical (unpaired) electrons. The van der Waals surface area contributed by atoms with Gasteiger partial charge in [0, 0.05) is 11.1 Å². The van der Waals surface area contributed by atoms with Crippen LogP contribution in [0, 0.1) is 12.8 Å². The number of hydrogen-bond acceptors (Lipinski definition) is 5. The molecule has 10 heteroatoms. The number of anilines is 1. The van der Waals surface area contributed by atoms with Gasteiger partial charge >= 0.3 is 6.18 Å². The van der Waals surface area contributed by atoms with Crippen molar-refractivity contribution in [3.8, 4) is 0 Å². The number of nitrogens with zero attached hydrogens (tertiary/aromatic N) is 1. The minimum absolute atomic E-state index is 0.275. The molecule has 0 spiro atoms. The number of rotatable bonds is 8. The van der Waals surface area contributed by atoms with E-state index in [-0.39, 0.29) is 17.6 Å². The fraction of sp³-hybridized carbons (Fsp3) is 0.500. The van der Waals surface area contributed by atoms with E-state index in [4.69, 9.17) is 5.73 Å². The zero-order chi connectivity index (χ0) is 23.5. The molecule has 1 fully saturated rings. The average Bonchev–Trinajstić information content (AvgIpc) is 3.40. The van der Waals surface area contributed by atoms with Crippen molar-refractivity contribution in [1.29, 1.82) is 0 Å². The minimum Gasteiger partial charge on any atom is -0.376 e. The summed E-state index contributed by atoms with van der Waals surface area (Å²) in [6.07, 6.45) is 1.20. The minimum atomic E-state index is -4.48. The number of aromatic nitrogens is 1. The Morgan fingerprint density at radius 1 is 1.28 bits per heavy atom. The molecule has 1 aliphatic carbocycles. The summed E-state index contributed by atoms with van der Waals surface area (Å²) in [5, 5.41) is 5.78. The molecule has 1 aliphatic rings. The molecule has 174 valence electrons. The third kappa shape index (κ3) is 5.99. The number of alkyl halides is 3. The quantitative estimate of drug-likeness (QED) is 0.518. The van der Waals surface area contributed by atoms with Crippen LogP contribution in [0.5, 0.6) is 0 Å². The number of aryl methyl sites for hydroxylation is 1. The van der Waals surface area contributed by atoms with E-state index < -0.39 is 23.7 Å². The number of carbonyl (C=O) groups is 2. The Hall–Kier alpha value is -2.62. The molecule has 2 heterocycles. The molecule has 0 aromatic carbocycles. The summed E-state index contributed by atoms with van der Waals surface area (Å²) in [5.41, 5.74) is 5.38. The summed E-state index contributed by atoms with van der Waals surface area (Å²) in [4.78, 5) is 29.5. The SMILES string of the molecule is Cc1ncc(C(F)(F)F)cc1N[C@H](C)c1ccc(C(=O)NC(CC2CCCC2)C(N)=O)s1. The van der Waals surface area contributed by atoms with Crippen LogP contribution in [0.4, 0.5) is 18.9 Å². The van der Waals surface area contributed by atoms with Gasteiger partial charge < -0.3 is 16.4 Å². The van der Waals surface area contributed by atoms with E-state index in [0.29, 0.717) is 22.9 Å². The van der Waals surface area contributed by atoms with Gasteiger partial charge in [0.1, 0.15) is 6.04 Å². The van der Waals surface area contributed by atoms with Gasteiger partial charge in [0.2, 0.25) is 5.91 Å². The summed E-state index contributed by atoms with van der Waals surface area (Å²) >= 11 is 1.21. The van der Waals surface area contributed by atoms with Gasteiger partial charge in [-0.25, -0.2) is 0 Å². The molecule has 0 saturated heterocycles. The first-order chi connectivity index (χ1) is 15.0. The van der Waals surface area contributed by atoms with Crippen LogP contribution in [0.2, 0.25) is 0 Å². The van der Waals surface area contributed by atoms with E-state index >= 15 is 0 Å². The zero-order valence-corrected chi connectivity index (χ0v) is 18.8. The molecule has 2 amide bonds. The maximum atomic E-state index is 13.0. The average molecular weight is 469 g/mol. The van der Waals surface area contributed by atoms with Gasteiger partial charge in [-0.2, -0.15) is 13.2 Å². The van der Waals surface area contributed by atoms with Gasteiger partial charge in [0.05, 0.1) is 27.9 Å². The predicted octanol–water partition coefficient (Wildman–Crippen LogP) is 4.81. The van der Waals surface area contributed by atoms with E-state index in [1.165, 1.54) is 11.3 Å². The van der Waals surface area contributed by atoms with Crippen molar-refractivity contribution in [2.75, 3.05) is 5.32 Å². The van der Waals surface area contributed by atoms with Crippen LogP contribution in [-0.4, -0.2) is 22.8 Å². The highest BCUT2D eigenvalue weighted by Crippen LogP contribution is 2.33. The lowest BCUT2D eigenvalue weighted by Crippen LogP contribution is -2.45. The van der Waals surface area contributed by atoms with Crippen molar-refractivity contribution in [2.45, 2.75) is 64.2 Å². The molecule has 4 N–H and O–H groups in total. The molecule has 1 saturated carbocycles. The molecule has 1 unspecified atom stereocenters. The third-order valence-corrected chi connectivity index (χ3v) is 7.02. The summed E-state index contributed by atoms with van der Waals surface area (Å²) in [6.45, 7) is 3.41. The second kappa shape index (κ2) is 9.89. The standard InChI is InChI=1S/C22H27F3N4O2S/c1-12-16(10-15(11-27-12)22(23,24)25)28-13(2)18-7-8-19(32-18)21(31)29-17(20(26)30)9-14-5-3-4-6-14/h7-8,10-11,13-14,17,28H,3-6,9H2,1-2H3,(H2,26,30)(H,29,31)/t13-,17?/m1/s1. The van der Waals surface area contributed by atoms with Crippen LogP contribution in [0.1, 0.15) is 70.9 Å². The van der Waals surface area contributed by atoms with Crippen molar-refractivity contribution in [1.82, 2.24) is 10.3 Å². The number of amides is 2. The summed E-state index contributed by atoms with van der Waals surface area (Å²) in [7, 11) is 0. The Morgan fingerprint density at radius 2 is 1.97 bits per heavy atom. The molecular weight excluding hydrogens is 441 g/mol. The lowest BCUT2D eigenvalue weighted by atomic mass is 9.98. The molecule has 2 aromatic rings. The normalized spacial score (nSPS) is 16.5. The summed E-state index contributed by atoms with van der Waals surface area (Å²) < 4.78 is 39.0. The first-order valence-corrected chi connectivity index (χ1v) is 11.4. The molecule has 2 atom stereocenters. The molecule has 32 heavy (non-hydrogen) atoms. The number of halogens is 3. The van der Waals surface area contributed by atoms with Crippen molar-refractivity contribution in [3.05, 3.63) is 45.4 Å². The fourth-order valence-corrected chi connectivity index (χ4v) is 4.81. The molecule has 0 aliphatic heterocycles. The Morgan fingerprint density at radius 3 is 2.59 bits per heavy atom. The van der Waals surface area contributed by atoms with Crippen LogP contribution in [0.15, 0.2) is 24.4 Å². The lowest BCUT2D eigenvalue weighted by Gasteiger charge is -2.19. The van der Waals surface area contributed by atoms with Crippen molar-refractivity contribution >= 4 is 28.8 Å². The maximum Gasteiger partial charge on any atom is 0.417 e. The number of nitrogens with two attached hydrogens (primary N) is 1. The number of carbonyl (C=O) groups excluding carboxylic acids is 2. The third-order valence-electron chi connectivity index (χ3n) is 5.76. The van der Waals surface area contributed by atoms with Gasteiger partial charge in [0.25, 0.3) is 5.91 Å². The zero-order valence-electron chi connectivity index (χ0n) is 18.0. The van der Waals surface area contributed by atoms with Gasteiger partial charge in [-0.1, -0.05) is 25.7 Å². The molecule has 6 nitrogen and oxygen atoms in total. The summed E-state index contributed by atoms with van der Waals surface area (Å²) in [6, 6.07) is 3.34. The predicted molar refractivity (Wildman–Crippen MR) is 117 cm³/mol.